The number of carbonyl (C=O) groups excluding carboxylic acids is 1. The maximum atomic E-state index is 12.4. The number of benzene rings is 1. The summed E-state index contributed by atoms with van der Waals surface area (Å²) in [5.41, 5.74) is 0.979. The summed E-state index contributed by atoms with van der Waals surface area (Å²) in [6.45, 7) is 2.17. The second-order valence-electron chi connectivity index (χ2n) is 6.46. The van der Waals surface area contributed by atoms with E-state index in [1.54, 1.807) is 41.8 Å². The first-order valence-corrected chi connectivity index (χ1v) is 10.8. The summed E-state index contributed by atoms with van der Waals surface area (Å²) in [6, 6.07) is 10.00. The third kappa shape index (κ3) is 4.41. The molecule has 3 rings (SSSR count). The molecule has 0 radical (unpaired) electrons. The molecule has 7 heteroatoms. The van der Waals surface area contributed by atoms with Crippen LogP contribution in [0.3, 0.4) is 0 Å². The van der Waals surface area contributed by atoms with Gasteiger partial charge in [-0.25, -0.2) is 8.42 Å². The Balaban J connectivity index is 1.65. The normalized spacial score (nSPS) is 20.8. The highest BCUT2D eigenvalue weighted by atomic mass is 32.2. The Morgan fingerprint density at radius 2 is 1.84 bits per heavy atom. The summed E-state index contributed by atoms with van der Waals surface area (Å²) in [5.74, 6) is 0.390. The lowest BCUT2D eigenvalue weighted by Gasteiger charge is -2.29. The molecule has 2 N–H and O–H groups in total. The fourth-order valence-corrected chi connectivity index (χ4v) is 5.15. The van der Waals surface area contributed by atoms with Gasteiger partial charge in [-0.3, -0.25) is 9.52 Å². The Bertz CT molecular complexity index is 815. The van der Waals surface area contributed by atoms with Crippen LogP contribution in [0.25, 0.3) is 0 Å². The van der Waals surface area contributed by atoms with Crippen LogP contribution in [0.4, 0.5) is 5.69 Å². The summed E-state index contributed by atoms with van der Waals surface area (Å²) in [7, 11) is -3.57. The average Bonchev–Trinajstić information content (AvgIpc) is 3.13. The van der Waals surface area contributed by atoms with Gasteiger partial charge in [0.05, 0.1) is 0 Å². The molecule has 1 aromatic carbocycles. The number of nitrogens with one attached hydrogen (secondary N) is 2. The van der Waals surface area contributed by atoms with Crippen molar-refractivity contribution in [1.29, 1.82) is 0 Å². The van der Waals surface area contributed by atoms with Gasteiger partial charge in [0.15, 0.2) is 0 Å². The lowest BCUT2D eigenvalue weighted by atomic mass is 9.86. The zero-order chi connectivity index (χ0) is 17.9. The summed E-state index contributed by atoms with van der Waals surface area (Å²) >= 11 is 1.16. The maximum Gasteiger partial charge on any atom is 0.271 e. The summed E-state index contributed by atoms with van der Waals surface area (Å²) in [4.78, 5) is 12.4. The Morgan fingerprint density at radius 1 is 1.12 bits per heavy atom. The van der Waals surface area contributed by atoms with Gasteiger partial charge in [0.1, 0.15) is 4.21 Å². The van der Waals surface area contributed by atoms with Gasteiger partial charge in [-0.1, -0.05) is 25.8 Å². The summed E-state index contributed by atoms with van der Waals surface area (Å²) in [6.07, 6.45) is 4.55. The van der Waals surface area contributed by atoms with Crippen molar-refractivity contribution >= 4 is 33.0 Å². The van der Waals surface area contributed by atoms with Gasteiger partial charge in [-0.05, 0) is 54.5 Å². The third-order valence-corrected chi connectivity index (χ3v) is 7.37. The molecule has 134 valence electrons. The summed E-state index contributed by atoms with van der Waals surface area (Å²) < 4.78 is 27.2. The molecule has 1 aliphatic carbocycles. The number of sulfonamides is 1. The largest absolute Gasteiger partial charge is 0.349 e. The summed E-state index contributed by atoms with van der Waals surface area (Å²) in [5, 5.41) is 4.82. The van der Waals surface area contributed by atoms with Crippen LogP contribution in [0.15, 0.2) is 46.0 Å². The monoisotopic (exact) mass is 378 g/mol. The predicted molar refractivity (Wildman–Crippen MR) is 100 cm³/mol. The van der Waals surface area contributed by atoms with E-state index in [0.29, 0.717) is 17.2 Å². The standard InChI is InChI=1S/C18H22N2O3S2/c1-13-5-2-3-6-16(13)19-18(21)14-8-10-15(11-9-14)20-25(22,23)17-7-4-12-24-17/h4,7-13,16,20H,2-3,5-6H2,1H3,(H,19,21). The van der Waals surface area contributed by atoms with Crippen molar-refractivity contribution in [2.75, 3.05) is 4.72 Å². The molecule has 1 amide bonds. The highest BCUT2D eigenvalue weighted by Gasteiger charge is 2.23. The van der Waals surface area contributed by atoms with E-state index in [1.165, 1.54) is 6.42 Å². The molecule has 0 aliphatic heterocycles. The molecule has 1 fully saturated rings. The Labute approximate surface area is 152 Å². The molecule has 1 heterocycles. The van der Waals surface area contributed by atoms with Crippen LogP contribution < -0.4 is 10.0 Å². The Morgan fingerprint density at radius 3 is 2.48 bits per heavy atom. The van der Waals surface area contributed by atoms with Crippen LogP contribution >= 0.6 is 11.3 Å². The molecule has 5 nitrogen and oxygen atoms in total. The molecule has 1 saturated carbocycles. The van der Waals surface area contributed by atoms with E-state index in [-0.39, 0.29) is 16.2 Å². The average molecular weight is 379 g/mol. The first-order valence-electron chi connectivity index (χ1n) is 8.43. The number of carbonyl (C=O) groups is 1. The Hall–Kier alpha value is -1.86. The van der Waals surface area contributed by atoms with Crippen LogP contribution in [0.5, 0.6) is 0 Å². The van der Waals surface area contributed by atoms with Crippen molar-refractivity contribution < 1.29 is 13.2 Å². The van der Waals surface area contributed by atoms with Crippen LogP contribution in [-0.2, 0) is 10.0 Å². The van der Waals surface area contributed by atoms with E-state index < -0.39 is 10.0 Å². The number of hydrogen-bond acceptors (Lipinski definition) is 4. The molecule has 1 aliphatic rings. The highest BCUT2D eigenvalue weighted by Crippen LogP contribution is 2.24. The molecule has 0 saturated heterocycles. The van der Waals surface area contributed by atoms with Crippen LogP contribution in [-0.4, -0.2) is 20.4 Å². The van der Waals surface area contributed by atoms with Gasteiger partial charge in [-0.2, -0.15) is 0 Å². The Kier molecular flexibility index (Phi) is 5.44. The second-order valence-corrected chi connectivity index (χ2v) is 9.31. The van der Waals surface area contributed by atoms with Crippen LogP contribution in [0.2, 0.25) is 0 Å². The second kappa shape index (κ2) is 7.58. The van der Waals surface area contributed by atoms with Crippen molar-refractivity contribution in [2.45, 2.75) is 42.9 Å². The first-order chi connectivity index (χ1) is 12.0. The zero-order valence-corrected chi connectivity index (χ0v) is 15.7. The van der Waals surface area contributed by atoms with E-state index in [1.807, 2.05) is 0 Å². The van der Waals surface area contributed by atoms with Crippen LogP contribution in [0, 0.1) is 5.92 Å². The van der Waals surface area contributed by atoms with Crippen molar-refractivity contribution in [3.8, 4) is 0 Å². The minimum absolute atomic E-state index is 0.105. The smallest absolute Gasteiger partial charge is 0.271 e. The van der Waals surface area contributed by atoms with Crippen LogP contribution in [0.1, 0.15) is 43.0 Å². The molecule has 1 aromatic heterocycles. The minimum Gasteiger partial charge on any atom is -0.349 e. The third-order valence-electron chi connectivity index (χ3n) is 4.59. The van der Waals surface area contributed by atoms with Gasteiger partial charge in [-0.15, -0.1) is 11.3 Å². The number of anilines is 1. The van der Waals surface area contributed by atoms with Crippen molar-refractivity contribution in [3.63, 3.8) is 0 Å². The molecule has 0 spiro atoms. The van der Waals surface area contributed by atoms with Gasteiger partial charge < -0.3 is 5.32 Å². The van der Waals surface area contributed by atoms with E-state index in [0.717, 1.165) is 30.6 Å². The molecule has 0 bridgehead atoms. The number of hydrogen-bond donors (Lipinski definition) is 2. The molecule has 2 atom stereocenters. The number of thiophene rings is 1. The van der Waals surface area contributed by atoms with Crippen molar-refractivity contribution in [2.24, 2.45) is 5.92 Å². The van der Waals surface area contributed by atoms with Gasteiger partial charge >= 0.3 is 0 Å². The number of rotatable bonds is 5. The van der Waals surface area contributed by atoms with Crippen molar-refractivity contribution in [3.05, 3.63) is 47.3 Å². The van der Waals surface area contributed by atoms with Gasteiger partial charge in [0.2, 0.25) is 0 Å². The number of amides is 1. The van der Waals surface area contributed by atoms with E-state index in [4.69, 9.17) is 0 Å². The lowest BCUT2D eigenvalue weighted by Crippen LogP contribution is -2.41. The quantitative estimate of drug-likeness (QED) is 0.830. The molecule has 2 aromatic rings. The van der Waals surface area contributed by atoms with Gasteiger partial charge in [0.25, 0.3) is 15.9 Å². The highest BCUT2D eigenvalue weighted by molar-refractivity contribution is 7.94. The zero-order valence-electron chi connectivity index (χ0n) is 14.1. The van der Waals surface area contributed by atoms with E-state index >= 15 is 0 Å². The van der Waals surface area contributed by atoms with E-state index in [9.17, 15) is 13.2 Å². The molecular weight excluding hydrogens is 356 g/mol. The maximum absolute atomic E-state index is 12.4. The fraction of sp³-hybridized carbons (Fsp3) is 0.389. The SMILES string of the molecule is CC1CCCCC1NC(=O)c1ccc(NS(=O)(=O)c2cccs2)cc1. The predicted octanol–water partition coefficient (Wildman–Crippen LogP) is 3.86. The first kappa shape index (κ1) is 17.9. The van der Waals surface area contributed by atoms with E-state index in [2.05, 4.69) is 17.0 Å². The fourth-order valence-electron chi connectivity index (χ4n) is 3.09. The molecule has 25 heavy (non-hydrogen) atoms. The van der Waals surface area contributed by atoms with Gasteiger partial charge in [0, 0.05) is 17.3 Å². The van der Waals surface area contributed by atoms with Crippen molar-refractivity contribution in [1.82, 2.24) is 5.32 Å². The topological polar surface area (TPSA) is 75.3 Å². The molecule has 2 unspecified atom stereocenters. The lowest BCUT2D eigenvalue weighted by molar-refractivity contribution is 0.0910. The minimum atomic E-state index is -3.57. The molecular formula is C18H22N2O3S2.